The van der Waals surface area contributed by atoms with Crippen LogP contribution in [0.25, 0.3) is 10.8 Å². The van der Waals surface area contributed by atoms with E-state index < -0.39 is 11.5 Å². The van der Waals surface area contributed by atoms with Crippen LogP contribution in [-0.4, -0.2) is 35.7 Å². The molecule has 1 saturated heterocycles. The number of nitrogens with one attached hydrogen (secondary N) is 1. The second-order valence-corrected chi connectivity index (χ2v) is 6.70. The molecule has 1 aliphatic carbocycles. The molecule has 0 spiro atoms. The SMILES string of the molecule is O=C(NC1(C(=O)O)CCOC1)C1CC1c1cccc2ccccc12. The number of benzene rings is 2. The third kappa shape index (κ3) is 2.45. The summed E-state index contributed by atoms with van der Waals surface area (Å²) in [5, 5.41) is 14.5. The molecule has 0 radical (unpaired) electrons. The number of carboxylic acid groups (broad SMARTS) is 1. The van der Waals surface area contributed by atoms with Crippen LogP contribution in [0.15, 0.2) is 42.5 Å². The monoisotopic (exact) mass is 325 g/mol. The lowest BCUT2D eigenvalue weighted by molar-refractivity contribution is -0.147. The van der Waals surface area contributed by atoms with Crippen LogP contribution >= 0.6 is 0 Å². The average Bonchev–Trinajstić information content (AvgIpc) is 3.25. The molecule has 4 rings (SSSR count). The van der Waals surface area contributed by atoms with E-state index in [4.69, 9.17) is 4.74 Å². The maximum atomic E-state index is 12.6. The number of aliphatic carboxylic acids is 1. The van der Waals surface area contributed by atoms with Crippen molar-refractivity contribution in [2.75, 3.05) is 13.2 Å². The first-order chi connectivity index (χ1) is 11.6. The summed E-state index contributed by atoms with van der Waals surface area (Å²) in [7, 11) is 0. The molecular weight excluding hydrogens is 306 g/mol. The smallest absolute Gasteiger partial charge is 0.331 e. The van der Waals surface area contributed by atoms with E-state index in [1.165, 1.54) is 5.56 Å². The molecular formula is C19H19NO4. The molecule has 2 N–H and O–H groups in total. The van der Waals surface area contributed by atoms with Gasteiger partial charge in [0.05, 0.1) is 6.61 Å². The molecule has 0 bridgehead atoms. The second kappa shape index (κ2) is 5.60. The summed E-state index contributed by atoms with van der Waals surface area (Å²) in [6.45, 7) is 0.406. The van der Waals surface area contributed by atoms with Gasteiger partial charge in [0.15, 0.2) is 5.54 Å². The van der Waals surface area contributed by atoms with E-state index in [9.17, 15) is 14.7 Å². The van der Waals surface area contributed by atoms with Crippen LogP contribution in [0.5, 0.6) is 0 Å². The molecule has 1 amide bonds. The number of amides is 1. The van der Waals surface area contributed by atoms with Crippen LogP contribution in [0.1, 0.15) is 24.3 Å². The summed E-state index contributed by atoms with van der Waals surface area (Å²) in [4.78, 5) is 24.1. The van der Waals surface area contributed by atoms with Gasteiger partial charge in [0, 0.05) is 18.9 Å². The van der Waals surface area contributed by atoms with Gasteiger partial charge in [0.1, 0.15) is 0 Å². The molecule has 24 heavy (non-hydrogen) atoms. The van der Waals surface area contributed by atoms with Crippen molar-refractivity contribution in [3.05, 3.63) is 48.0 Å². The Labute approximate surface area is 139 Å². The topological polar surface area (TPSA) is 75.6 Å². The van der Waals surface area contributed by atoms with Crippen molar-refractivity contribution in [1.29, 1.82) is 0 Å². The molecule has 124 valence electrons. The summed E-state index contributed by atoms with van der Waals surface area (Å²) < 4.78 is 5.20. The van der Waals surface area contributed by atoms with E-state index in [1.54, 1.807) is 0 Å². The van der Waals surface area contributed by atoms with Crippen LogP contribution < -0.4 is 5.32 Å². The van der Waals surface area contributed by atoms with Gasteiger partial charge in [-0.2, -0.15) is 0 Å². The third-order valence-electron chi connectivity index (χ3n) is 5.14. The van der Waals surface area contributed by atoms with Crippen molar-refractivity contribution >= 4 is 22.6 Å². The molecule has 3 atom stereocenters. The van der Waals surface area contributed by atoms with Crippen LogP contribution in [0.2, 0.25) is 0 Å². The number of ether oxygens (including phenoxy) is 1. The predicted octanol–water partition coefficient (Wildman–Crippen LogP) is 2.30. The van der Waals surface area contributed by atoms with Gasteiger partial charge in [-0.3, -0.25) is 4.79 Å². The number of rotatable bonds is 4. The maximum Gasteiger partial charge on any atom is 0.331 e. The highest BCUT2D eigenvalue weighted by atomic mass is 16.5. The van der Waals surface area contributed by atoms with Gasteiger partial charge in [-0.1, -0.05) is 42.5 Å². The second-order valence-electron chi connectivity index (χ2n) is 6.70. The lowest BCUT2D eigenvalue weighted by Gasteiger charge is -2.23. The van der Waals surface area contributed by atoms with Gasteiger partial charge in [-0.25, -0.2) is 4.79 Å². The zero-order valence-corrected chi connectivity index (χ0v) is 13.2. The quantitative estimate of drug-likeness (QED) is 0.904. The Balaban J connectivity index is 1.53. The van der Waals surface area contributed by atoms with E-state index >= 15 is 0 Å². The Morgan fingerprint density at radius 1 is 1.17 bits per heavy atom. The fourth-order valence-corrected chi connectivity index (χ4v) is 3.62. The summed E-state index contributed by atoms with van der Waals surface area (Å²) in [6, 6.07) is 14.3. The number of carboxylic acids is 1. The molecule has 1 heterocycles. The number of hydrogen-bond donors (Lipinski definition) is 2. The van der Waals surface area contributed by atoms with Gasteiger partial charge < -0.3 is 15.2 Å². The molecule has 2 aromatic carbocycles. The van der Waals surface area contributed by atoms with E-state index in [0.717, 1.165) is 17.2 Å². The lowest BCUT2D eigenvalue weighted by Crippen LogP contribution is -2.55. The minimum atomic E-state index is -1.26. The zero-order valence-electron chi connectivity index (χ0n) is 13.2. The zero-order chi connectivity index (χ0) is 16.7. The lowest BCUT2D eigenvalue weighted by atomic mass is 9.97. The maximum absolute atomic E-state index is 12.6. The highest BCUT2D eigenvalue weighted by Crippen LogP contribution is 2.49. The van der Waals surface area contributed by atoms with Crippen LogP contribution in [0.4, 0.5) is 0 Å². The third-order valence-corrected chi connectivity index (χ3v) is 5.14. The first-order valence-electron chi connectivity index (χ1n) is 8.21. The number of carbonyl (C=O) groups is 2. The van der Waals surface area contributed by atoms with Crippen LogP contribution in [0.3, 0.4) is 0 Å². The standard InChI is InChI=1S/C19H19NO4/c21-17(20-19(18(22)23)8-9-24-11-19)16-10-15(16)14-7-3-5-12-4-1-2-6-13(12)14/h1-7,15-16H,8-11H2,(H,20,21)(H,22,23). The Hall–Kier alpha value is -2.40. The van der Waals surface area contributed by atoms with Crippen molar-refractivity contribution in [1.82, 2.24) is 5.32 Å². The minimum Gasteiger partial charge on any atom is -0.479 e. The molecule has 3 unspecified atom stereocenters. The number of carbonyl (C=O) groups excluding carboxylic acids is 1. The minimum absolute atomic E-state index is 0.0414. The number of hydrogen-bond acceptors (Lipinski definition) is 3. The van der Waals surface area contributed by atoms with Gasteiger partial charge in [-0.05, 0) is 28.7 Å². The van der Waals surface area contributed by atoms with E-state index in [-0.39, 0.29) is 24.3 Å². The van der Waals surface area contributed by atoms with Gasteiger partial charge >= 0.3 is 5.97 Å². The fourth-order valence-electron chi connectivity index (χ4n) is 3.62. The molecule has 1 aliphatic heterocycles. The van der Waals surface area contributed by atoms with Crippen molar-refractivity contribution in [2.24, 2.45) is 5.92 Å². The van der Waals surface area contributed by atoms with Crippen LogP contribution in [0, 0.1) is 5.92 Å². The highest BCUT2D eigenvalue weighted by molar-refractivity contribution is 5.92. The Kier molecular flexibility index (Phi) is 3.53. The summed E-state index contributed by atoms with van der Waals surface area (Å²) in [5.41, 5.74) is -0.0940. The molecule has 2 aliphatic rings. The van der Waals surface area contributed by atoms with Crippen molar-refractivity contribution in [3.63, 3.8) is 0 Å². The Bertz CT molecular complexity index is 805. The molecule has 2 fully saturated rings. The summed E-state index contributed by atoms with van der Waals surface area (Å²) >= 11 is 0. The fraction of sp³-hybridized carbons (Fsp3) is 0.368. The first kappa shape index (κ1) is 15.1. The van der Waals surface area contributed by atoms with Crippen molar-refractivity contribution in [3.8, 4) is 0 Å². The summed E-state index contributed by atoms with van der Waals surface area (Å²) in [5.74, 6) is -1.20. The first-order valence-corrected chi connectivity index (χ1v) is 8.21. The van der Waals surface area contributed by atoms with E-state index in [1.807, 2.05) is 18.2 Å². The molecule has 2 aromatic rings. The Morgan fingerprint density at radius 3 is 2.71 bits per heavy atom. The van der Waals surface area contributed by atoms with Gasteiger partial charge in [0.25, 0.3) is 0 Å². The molecule has 1 saturated carbocycles. The Morgan fingerprint density at radius 2 is 1.96 bits per heavy atom. The van der Waals surface area contributed by atoms with E-state index in [0.29, 0.717) is 13.0 Å². The summed E-state index contributed by atoms with van der Waals surface area (Å²) in [6.07, 6.45) is 1.08. The van der Waals surface area contributed by atoms with Crippen molar-refractivity contribution in [2.45, 2.75) is 24.3 Å². The van der Waals surface area contributed by atoms with E-state index in [2.05, 4.69) is 29.6 Å². The highest BCUT2D eigenvalue weighted by Gasteiger charge is 2.50. The molecule has 5 nitrogen and oxygen atoms in total. The largest absolute Gasteiger partial charge is 0.479 e. The molecule has 0 aromatic heterocycles. The van der Waals surface area contributed by atoms with Crippen molar-refractivity contribution < 1.29 is 19.4 Å². The van der Waals surface area contributed by atoms with Crippen LogP contribution in [-0.2, 0) is 14.3 Å². The average molecular weight is 325 g/mol. The van der Waals surface area contributed by atoms with Gasteiger partial charge in [0.2, 0.25) is 5.91 Å². The van der Waals surface area contributed by atoms with Gasteiger partial charge in [-0.15, -0.1) is 0 Å². The predicted molar refractivity (Wildman–Crippen MR) is 88.7 cm³/mol. The number of fused-ring (bicyclic) bond motifs is 1. The normalized spacial score (nSPS) is 28.7. The molecule has 5 heteroatoms.